The fourth-order valence-corrected chi connectivity index (χ4v) is 2.94. The van der Waals surface area contributed by atoms with E-state index in [1.54, 1.807) is 6.20 Å². The second kappa shape index (κ2) is 5.73. The molecule has 0 amide bonds. The van der Waals surface area contributed by atoms with Crippen LogP contribution < -0.4 is 5.32 Å². The van der Waals surface area contributed by atoms with Crippen LogP contribution in [0.3, 0.4) is 0 Å². The summed E-state index contributed by atoms with van der Waals surface area (Å²) < 4.78 is 24.3. The van der Waals surface area contributed by atoms with Crippen LogP contribution >= 0.6 is 0 Å². The van der Waals surface area contributed by atoms with Crippen LogP contribution in [0.2, 0.25) is 0 Å². The first-order valence-corrected chi connectivity index (χ1v) is 7.85. The molecule has 0 radical (unpaired) electrons. The highest BCUT2D eigenvalue weighted by Gasteiger charge is 2.24. The Labute approximate surface area is 107 Å². The lowest BCUT2D eigenvalue weighted by Crippen LogP contribution is -2.44. The summed E-state index contributed by atoms with van der Waals surface area (Å²) in [4.78, 5) is 0. The van der Waals surface area contributed by atoms with Crippen molar-refractivity contribution in [2.24, 2.45) is 0 Å². The fourth-order valence-electron chi connectivity index (χ4n) is 2.07. The minimum atomic E-state index is -3.03. The summed E-state index contributed by atoms with van der Waals surface area (Å²) in [5.74, 6) is 0. The number of sulfonamides is 1. The Hall–Kier alpha value is -1.05. The van der Waals surface area contributed by atoms with E-state index in [1.165, 1.54) is 10.6 Å². The third-order valence-electron chi connectivity index (χ3n) is 3.12. The highest BCUT2D eigenvalue weighted by atomic mass is 32.2. The monoisotopic (exact) mass is 270 g/mol. The molecule has 0 bridgehead atoms. The average molecular weight is 270 g/mol. The van der Waals surface area contributed by atoms with Gasteiger partial charge in [0.05, 0.1) is 11.9 Å². The van der Waals surface area contributed by atoms with Gasteiger partial charge < -0.3 is 5.32 Å². The summed E-state index contributed by atoms with van der Waals surface area (Å²) in [6, 6.07) is 4.13. The number of hydrogen-bond acceptors (Lipinski definition) is 5. The number of rotatable bonds is 4. The van der Waals surface area contributed by atoms with Crippen LogP contribution in [0.1, 0.15) is 18.5 Å². The molecule has 1 aromatic heterocycles. The van der Waals surface area contributed by atoms with Gasteiger partial charge in [-0.2, -0.15) is 10.2 Å². The Kier molecular flexibility index (Phi) is 4.26. The summed E-state index contributed by atoms with van der Waals surface area (Å²) in [7, 11) is -3.03. The van der Waals surface area contributed by atoms with Gasteiger partial charge in [-0.1, -0.05) is 0 Å². The van der Waals surface area contributed by atoms with Crippen molar-refractivity contribution >= 4 is 10.0 Å². The van der Waals surface area contributed by atoms with Crippen molar-refractivity contribution < 1.29 is 8.42 Å². The number of nitrogens with one attached hydrogen (secondary N) is 1. The summed E-state index contributed by atoms with van der Waals surface area (Å²) in [5, 5.41) is 11.2. The lowest BCUT2D eigenvalue weighted by Gasteiger charge is -2.30. The van der Waals surface area contributed by atoms with Crippen LogP contribution in [-0.2, 0) is 16.6 Å². The molecule has 1 aromatic rings. The largest absolute Gasteiger partial charge is 0.308 e. The van der Waals surface area contributed by atoms with Gasteiger partial charge >= 0.3 is 0 Å². The van der Waals surface area contributed by atoms with Gasteiger partial charge in [-0.15, -0.1) is 0 Å². The second-order valence-electron chi connectivity index (χ2n) is 4.53. The van der Waals surface area contributed by atoms with Crippen LogP contribution in [0.15, 0.2) is 18.3 Å². The zero-order chi connectivity index (χ0) is 13.0. The van der Waals surface area contributed by atoms with Gasteiger partial charge in [-0.3, -0.25) is 0 Å². The summed E-state index contributed by atoms with van der Waals surface area (Å²) >= 11 is 0. The average Bonchev–Trinajstić information content (AvgIpc) is 2.37. The number of nitrogens with zero attached hydrogens (tertiary/aromatic N) is 3. The molecule has 0 atom stereocenters. The molecule has 0 spiro atoms. The van der Waals surface area contributed by atoms with Crippen LogP contribution in [0.4, 0.5) is 0 Å². The van der Waals surface area contributed by atoms with Crippen molar-refractivity contribution in [2.45, 2.75) is 25.4 Å². The van der Waals surface area contributed by atoms with Gasteiger partial charge in [0.15, 0.2) is 0 Å². The highest BCUT2D eigenvalue weighted by Crippen LogP contribution is 2.13. The van der Waals surface area contributed by atoms with E-state index in [0.29, 0.717) is 25.7 Å². The van der Waals surface area contributed by atoms with Crippen molar-refractivity contribution in [1.29, 1.82) is 0 Å². The summed E-state index contributed by atoms with van der Waals surface area (Å²) in [6.45, 7) is 1.87. The normalized spacial score (nSPS) is 18.9. The van der Waals surface area contributed by atoms with Crippen molar-refractivity contribution in [1.82, 2.24) is 19.8 Å². The minimum Gasteiger partial charge on any atom is -0.308 e. The quantitative estimate of drug-likeness (QED) is 0.833. The molecule has 1 aliphatic rings. The third-order valence-corrected chi connectivity index (χ3v) is 4.43. The zero-order valence-electron chi connectivity index (χ0n) is 10.4. The van der Waals surface area contributed by atoms with Gasteiger partial charge in [0.1, 0.15) is 0 Å². The zero-order valence-corrected chi connectivity index (χ0v) is 11.2. The summed E-state index contributed by atoms with van der Waals surface area (Å²) in [5.41, 5.74) is 0.906. The van der Waals surface area contributed by atoms with E-state index < -0.39 is 10.0 Å². The van der Waals surface area contributed by atoms with Crippen molar-refractivity contribution in [3.63, 3.8) is 0 Å². The van der Waals surface area contributed by atoms with Crippen molar-refractivity contribution in [3.05, 3.63) is 24.0 Å². The lowest BCUT2D eigenvalue weighted by molar-refractivity contribution is 0.289. The molecular weight excluding hydrogens is 252 g/mol. The molecule has 100 valence electrons. The highest BCUT2D eigenvalue weighted by molar-refractivity contribution is 7.88. The maximum absolute atomic E-state index is 11.4. The minimum absolute atomic E-state index is 0.352. The van der Waals surface area contributed by atoms with Crippen molar-refractivity contribution in [3.8, 4) is 0 Å². The lowest BCUT2D eigenvalue weighted by atomic mass is 10.1. The summed E-state index contributed by atoms with van der Waals surface area (Å²) in [6.07, 6.45) is 4.59. The predicted molar refractivity (Wildman–Crippen MR) is 68.3 cm³/mol. The number of aromatic nitrogens is 2. The first-order chi connectivity index (χ1) is 8.55. The first-order valence-electron chi connectivity index (χ1n) is 6.01. The maximum atomic E-state index is 11.4. The Morgan fingerprint density at radius 3 is 2.72 bits per heavy atom. The maximum Gasteiger partial charge on any atom is 0.211 e. The molecule has 2 rings (SSSR count). The van der Waals surface area contributed by atoms with E-state index >= 15 is 0 Å². The molecular formula is C11H18N4O2S. The SMILES string of the molecule is CS(=O)(=O)N1CCC(NCc2cccnn2)CC1. The van der Waals surface area contributed by atoms with Gasteiger partial charge in [0.2, 0.25) is 10.0 Å². The molecule has 7 heteroatoms. The Morgan fingerprint density at radius 1 is 1.44 bits per heavy atom. The van der Waals surface area contributed by atoms with Gasteiger partial charge in [-0.05, 0) is 25.0 Å². The standard InChI is InChI=1S/C11H18N4O2S/c1-18(16,17)15-7-4-10(5-8-15)12-9-11-3-2-6-13-14-11/h2-3,6,10,12H,4-5,7-9H2,1H3. The first kappa shape index (κ1) is 13.4. The molecule has 1 N–H and O–H groups in total. The molecule has 1 fully saturated rings. The van der Waals surface area contributed by atoms with Gasteiger partial charge in [0, 0.05) is 31.9 Å². The molecule has 0 unspecified atom stereocenters. The molecule has 1 saturated heterocycles. The second-order valence-corrected chi connectivity index (χ2v) is 6.51. The van der Waals surface area contributed by atoms with Crippen LogP contribution in [0, 0.1) is 0 Å². The van der Waals surface area contributed by atoms with E-state index in [2.05, 4.69) is 15.5 Å². The molecule has 0 aromatic carbocycles. The molecule has 0 aliphatic carbocycles. The molecule has 18 heavy (non-hydrogen) atoms. The molecule has 6 nitrogen and oxygen atoms in total. The van der Waals surface area contributed by atoms with Crippen LogP contribution in [0.25, 0.3) is 0 Å². The Balaban J connectivity index is 1.78. The third kappa shape index (κ3) is 3.72. The Bertz CT molecular complexity index is 469. The molecule has 0 saturated carbocycles. The van der Waals surface area contributed by atoms with E-state index in [4.69, 9.17) is 0 Å². The molecule has 2 heterocycles. The van der Waals surface area contributed by atoms with Crippen molar-refractivity contribution in [2.75, 3.05) is 19.3 Å². The molecule has 1 aliphatic heterocycles. The topological polar surface area (TPSA) is 75.2 Å². The van der Waals surface area contributed by atoms with E-state index in [9.17, 15) is 8.42 Å². The van der Waals surface area contributed by atoms with Gasteiger partial charge in [-0.25, -0.2) is 12.7 Å². The fraction of sp³-hybridized carbons (Fsp3) is 0.636. The number of piperidine rings is 1. The Morgan fingerprint density at radius 2 is 2.17 bits per heavy atom. The van der Waals surface area contributed by atoms with Crippen LogP contribution in [-0.4, -0.2) is 48.3 Å². The predicted octanol–water partition coefficient (Wildman–Crippen LogP) is -0.00980. The smallest absolute Gasteiger partial charge is 0.211 e. The number of hydrogen-bond donors (Lipinski definition) is 1. The van der Waals surface area contributed by atoms with Gasteiger partial charge in [0.25, 0.3) is 0 Å². The van der Waals surface area contributed by atoms with Crippen LogP contribution in [0.5, 0.6) is 0 Å². The van der Waals surface area contributed by atoms with E-state index in [0.717, 1.165) is 18.5 Å². The van der Waals surface area contributed by atoms with E-state index in [-0.39, 0.29) is 0 Å². The van der Waals surface area contributed by atoms with E-state index in [1.807, 2.05) is 12.1 Å².